The van der Waals surface area contributed by atoms with Gasteiger partial charge in [0.1, 0.15) is 5.69 Å². The van der Waals surface area contributed by atoms with Crippen LogP contribution in [0.25, 0.3) is 11.3 Å². The first kappa shape index (κ1) is 25.2. The van der Waals surface area contributed by atoms with E-state index < -0.39 is 4.92 Å². The average molecular weight is 533 g/mol. The van der Waals surface area contributed by atoms with Gasteiger partial charge in [0.2, 0.25) is 0 Å². The van der Waals surface area contributed by atoms with E-state index >= 15 is 0 Å². The Morgan fingerprint density at radius 1 is 1.03 bits per heavy atom. The van der Waals surface area contributed by atoms with Crippen LogP contribution < -0.4 is 16.4 Å². The van der Waals surface area contributed by atoms with E-state index in [-0.39, 0.29) is 23.2 Å². The summed E-state index contributed by atoms with van der Waals surface area (Å²) in [6.45, 7) is 2.98. The van der Waals surface area contributed by atoms with E-state index in [2.05, 4.69) is 15.5 Å². The lowest BCUT2D eigenvalue weighted by molar-refractivity contribution is -0.383. The van der Waals surface area contributed by atoms with Crippen LogP contribution in [0.15, 0.2) is 60.7 Å². The molecule has 0 saturated carbocycles. The summed E-state index contributed by atoms with van der Waals surface area (Å²) >= 11 is 6.12. The SMILES string of the molecule is CN1CCN(C(=O)c2ccc(NC(=C3C(=O)Nc4cc(Cl)ccc43)c3ccc(N)c([N+](=O)[O-])c3)cc2)CC1. The molecule has 2 aliphatic heterocycles. The largest absolute Gasteiger partial charge is 0.393 e. The molecule has 0 atom stereocenters. The zero-order valence-electron chi connectivity index (χ0n) is 20.5. The van der Waals surface area contributed by atoms with E-state index in [0.717, 1.165) is 13.1 Å². The highest BCUT2D eigenvalue weighted by Gasteiger charge is 2.29. The number of amides is 2. The van der Waals surface area contributed by atoms with Crippen molar-refractivity contribution in [2.45, 2.75) is 0 Å². The molecule has 0 aliphatic carbocycles. The van der Waals surface area contributed by atoms with Crippen molar-refractivity contribution in [1.29, 1.82) is 0 Å². The topological polar surface area (TPSA) is 134 Å². The second-order valence-corrected chi connectivity index (χ2v) is 9.66. The van der Waals surface area contributed by atoms with Gasteiger partial charge < -0.3 is 26.2 Å². The Bertz CT molecular complexity index is 1480. The number of nitro benzene ring substituents is 1. The van der Waals surface area contributed by atoms with Gasteiger partial charge in [-0.3, -0.25) is 19.7 Å². The number of carbonyl (C=O) groups excluding carboxylic acids is 2. The number of carbonyl (C=O) groups is 2. The van der Waals surface area contributed by atoms with Crippen LogP contribution in [0.5, 0.6) is 0 Å². The number of nitrogens with one attached hydrogen (secondary N) is 2. The maximum Gasteiger partial charge on any atom is 0.292 e. The van der Waals surface area contributed by atoms with Gasteiger partial charge in [-0.1, -0.05) is 23.7 Å². The maximum atomic E-state index is 13.1. The number of halogens is 1. The number of rotatable bonds is 5. The van der Waals surface area contributed by atoms with Gasteiger partial charge in [0, 0.05) is 59.6 Å². The lowest BCUT2D eigenvalue weighted by Gasteiger charge is -2.32. The number of nitrogens with two attached hydrogens (primary N) is 1. The molecule has 3 aromatic rings. The van der Waals surface area contributed by atoms with E-state index in [4.69, 9.17) is 17.3 Å². The summed E-state index contributed by atoms with van der Waals surface area (Å²) in [6, 6.07) is 16.3. The fraction of sp³-hybridized carbons (Fsp3) is 0.185. The van der Waals surface area contributed by atoms with Gasteiger partial charge in [0.05, 0.1) is 21.9 Å². The lowest BCUT2D eigenvalue weighted by atomic mass is 9.99. The van der Waals surface area contributed by atoms with Crippen LogP contribution >= 0.6 is 11.6 Å². The van der Waals surface area contributed by atoms with Crippen LogP contribution in [0.3, 0.4) is 0 Å². The Hall–Kier alpha value is -4.41. The van der Waals surface area contributed by atoms with Gasteiger partial charge in [-0.05, 0) is 49.5 Å². The second-order valence-electron chi connectivity index (χ2n) is 9.22. The molecule has 1 saturated heterocycles. The minimum atomic E-state index is -0.567. The first-order chi connectivity index (χ1) is 18.2. The highest BCUT2D eigenvalue weighted by Crippen LogP contribution is 2.39. The van der Waals surface area contributed by atoms with Crippen molar-refractivity contribution in [3.63, 3.8) is 0 Å². The molecule has 4 N–H and O–H groups in total. The Morgan fingerprint density at radius 3 is 2.39 bits per heavy atom. The molecule has 194 valence electrons. The Morgan fingerprint density at radius 2 is 1.71 bits per heavy atom. The Kier molecular flexibility index (Phi) is 6.75. The third kappa shape index (κ3) is 4.91. The summed E-state index contributed by atoms with van der Waals surface area (Å²) < 4.78 is 0. The molecule has 3 aromatic carbocycles. The molecule has 0 unspecified atom stereocenters. The standard InChI is InChI=1S/C27H25ClN6O4/c1-32-10-12-33(13-11-32)27(36)16-2-6-19(7-3-16)30-25(17-4-9-21(29)23(14-17)34(37)38)24-20-8-5-18(28)15-22(20)31-26(24)35/h2-9,14-15,30H,10-13,29H2,1H3,(H,31,35). The Balaban J connectivity index is 1.53. The number of hydrogen-bond acceptors (Lipinski definition) is 7. The van der Waals surface area contributed by atoms with Crippen molar-refractivity contribution >= 4 is 57.4 Å². The first-order valence-corrected chi connectivity index (χ1v) is 12.3. The first-order valence-electron chi connectivity index (χ1n) is 12.0. The van der Waals surface area contributed by atoms with Crippen molar-refractivity contribution in [2.75, 3.05) is 49.6 Å². The van der Waals surface area contributed by atoms with E-state index in [1.165, 1.54) is 12.1 Å². The quantitative estimate of drug-likeness (QED) is 0.194. The van der Waals surface area contributed by atoms with E-state index in [1.54, 1.807) is 48.5 Å². The van der Waals surface area contributed by atoms with Crippen LogP contribution in [0, 0.1) is 10.1 Å². The average Bonchev–Trinajstić information content (AvgIpc) is 3.22. The number of anilines is 3. The molecule has 11 heteroatoms. The van der Waals surface area contributed by atoms with Gasteiger partial charge in [-0.25, -0.2) is 0 Å². The summed E-state index contributed by atoms with van der Waals surface area (Å²) in [5.74, 6) is -0.426. The fourth-order valence-electron chi connectivity index (χ4n) is 4.56. The number of fused-ring (bicyclic) bond motifs is 1. The normalized spacial score (nSPS) is 16.6. The van der Waals surface area contributed by atoms with Crippen molar-refractivity contribution in [3.8, 4) is 0 Å². The maximum absolute atomic E-state index is 13.1. The highest BCUT2D eigenvalue weighted by molar-refractivity contribution is 6.38. The van der Waals surface area contributed by atoms with Crippen LogP contribution in [0.2, 0.25) is 5.02 Å². The number of benzene rings is 3. The summed E-state index contributed by atoms with van der Waals surface area (Å²) in [6.07, 6.45) is 0. The molecular weight excluding hydrogens is 508 g/mol. The number of nitrogen functional groups attached to an aromatic ring is 1. The van der Waals surface area contributed by atoms with Crippen molar-refractivity contribution < 1.29 is 14.5 Å². The van der Waals surface area contributed by atoms with Gasteiger partial charge in [-0.2, -0.15) is 0 Å². The summed E-state index contributed by atoms with van der Waals surface area (Å²) in [5.41, 5.74) is 8.89. The molecule has 2 amide bonds. The molecule has 0 bridgehead atoms. The number of piperazine rings is 1. The summed E-state index contributed by atoms with van der Waals surface area (Å²) in [4.78, 5) is 41.1. The van der Waals surface area contributed by atoms with Gasteiger partial charge >= 0.3 is 0 Å². The van der Waals surface area contributed by atoms with Gasteiger partial charge in [-0.15, -0.1) is 0 Å². The molecule has 2 aliphatic rings. The van der Waals surface area contributed by atoms with E-state index in [9.17, 15) is 19.7 Å². The van der Waals surface area contributed by atoms with Crippen molar-refractivity contribution in [1.82, 2.24) is 9.80 Å². The third-order valence-corrected chi connectivity index (χ3v) is 6.92. The zero-order chi connectivity index (χ0) is 27.0. The minimum Gasteiger partial charge on any atom is -0.393 e. The minimum absolute atomic E-state index is 0.0120. The lowest BCUT2D eigenvalue weighted by Crippen LogP contribution is -2.47. The van der Waals surface area contributed by atoms with Crippen LogP contribution in [0.1, 0.15) is 21.5 Å². The van der Waals surface area contributed by atoms with E-state index in [1.807, 2.05) is 11.9 Å². The molecule has 0 aromatic heterocycles. The molecule has 2 heterocycles. The van der Waals surface area contributed by atoms with Gasteiger partial charge in [0.15, 0.2) is 0 Å². The monoisotopic (exact) mass is 532 g/mol. The molecule has 0 spiro atoms. The molecule has 38 heavy (non-hydrogen) atoms. The highest BCUT2D eigenvalue weighted by atomic mass is 35.5. The zero-order valence-corrected chi connectivity index (χ0v) is 21.3. The smallest absolute Gasteiger partial charge is 0.292 e. The van der Waals surface area contributed by atoms with Crippen LogP contribution in [-0.2, 0) is 4.79 Å². The molecule has 5 rings (SSSR count). The summed E-state index contributed by atoms with van der Waals surface area (Å²) in [5, 5.41) is 18.1. The predicted molar refractivity (Wildman–Crippen MR) is 148 cm³/mol. The number of nitrogens with zero attached hydrogens (tertiary/aromatic N) is 3. The molecule has 10 nitrogen and oxygen atoms in total. The Labute approximate surface area is 223 Å². The third-order valence-electron chi connectivity index (χ3n) is 6.68. The van der Waals surface area contributed by atoms with Crippen molar-refractivity contribution in [3.05, 3.63) is 92.5 Å². The van der Waals surface area contributed by atoms with E-state index in [0.29, 0.717) is 57.4 Å². The number of likely N-dealkylation sites (N-methyl/N-ethyl adjacent to an activating group) is 1. The van der Waals surface area contributed by atoms with Crippen LogP contribution in [0.4, 0.5) is 22.7 Å². The molecular formula is C27H25ClN6O4. The summed E-state index contributed by atoms with van der Waals surface area (Å²) in [7, 11) is 2.03. The fourth-order valence-corrected chi connectivity index (χ4v) is 4.73. The van der Waals surface area contributed by atoms with Crippen LogP contribution in [-0.4, -0.2) is 59.8 Å². The second kappa shape index (κ2) is 10.2. The van der Waals surface area contributed by atoms with Crippen molar-refractivity contribution in [2.24, 2.45) is 0 Å². The number of hydrogen-bond donors (Lipinski definition) is 3. The molecule has 0 radical (unpaired) electrons. The molecule has 1 fully saturated rings. The predicted octanol–water partition coefficient (Wildman–Crippen LogP) is 4.15. The number of nitro groups is 1. The van der Waals surface area contributed by atoms with Gasteiger partial charge in [0.25, 0.3) is 17.5 Å².